The van der Waals surface area contributed by atoms with Crippen LogP contribution in [0.5, 0.6) is 11.5 Å². The van der Waals surface area contributed by atoms with Gasteiger partial charge in [0.2, 0.25) is 0 Å². The van der Waals surface area contributed by atoms with Gasteiger partial charge in [-0.1, -0.05) is 18.2 Å². The molecule has 0 saturated carbocycles. The Bertz CT molecular complexity index is 831. The average molecular weight is 396 g/mol. The first-order chi connectivity index (χ1) is 14.2. The van der Waals surface area contributed by atoms with Crippen molar-refractivity contribution >= 4 is 11.8 Å². The SMILES string of the molecule is COc1ccc(CCCNCCCCN2C(=O)c3ccccc3C2=O)cc1OC. The second-order valence-electron chi connectivity index (χ2n) is 7.06. The van der Waals surface area contributed by atoms with Crippen LogP contribution in [0.3, 0.4) is 0 Å². The summed E-state index contributed by atoms with van der Waals surface area (Å²) < 4.78 is 10.6. The number of ether oxygens (including phenoxy) is 2. The van der Waals surface area contributed by atoms with Gasteiger partial charge in [-0.05, 0) is 68.6 Å². The van der Waals surface area contributed by atoms with Crippen molar-refractivity contribution in [3.05, 3.63) is 59.2 Å². The second-order valence-corrected chi connectivity index (χ2v) is 7.06. The molecule has 2 aromatic carbocycles. The van der Waals surface area contributed by atoms with Gasteiger partial charge in [-0.3, -0.25) is 14.5 Å². The number of benzene rings is 2. The van der Waals surface area contributed by atoms with Crippen molar-refractivity contribution in [3.63, 3.8) is 0 Å². The average Bonchev–Trinajstić information content (AvgIpc) is 3.00. The van der Waals surface area contributed by atoms with E-state index in [1.165, 1.54) is 10.5 Å². The number of amides is 2. The highest BCUT2D eigenvalue weighted by Crippen LogP contribution is 2.28. The van der Waals surface area contributed by atoms with E-state index in [1.54, 1.807) is 38.5 Å². The van der Waals surface area contributed by atoms with Gasteiger partial charge in [0.15, 0.2) is 11.5 Å². The first-order valence-electron chi connectivity index (χ1n) is 10.0. The van der Waals surface area contributed by atoms with E-state index < -0.39 is 0 Å². The predicted octanol–water partition coefficient (Wildman–Crippen LogP) is 3.30. The minimum atomic E-state index is -0.173. The minimum Gasteiger partial charge on any atom is -0.493 e. The summed E-state index contributed by atoms with van der Waals surface area (Å²) in [5.41, 5.74) is 2.26. The molecule has 0 atom stereocenters. The van der Waals surface area contributed by atoms with E-state index in [9.17, 15) is 9.59 Å². The molecule has 1 aliphatic heterocycles. The lowest BCUT2D eigenvalue weighted by Gasteiger charge is -2.13. The van der Waals surface area contributed by atoms with Gasteiger partial charge in [0.25, 0.3) is 11.8 Å². The zero-order valence-corrected chi connectivity index (χ0v) is 17.1. The number of methoxy groups -OCH3 is 2. The fourth-order valence-corrected chi connectivity index (χ4v) is 3.54. The summed E-state index contributed by atoms with van der Waals surface area (Å²) in [4.78, 5) is 26.0. The number of rotatable bonds is 11. The summed E-state index contributed by atoms with van der Waals surface area (Å²) in [5.74, 6) is 1.15. The van der Waals surface area contributed by atoms with E-state index in [4.69, 9.17) is 9.47 Å². The number of aryl methyl sites for hydroxylation is 1. The molecule has 29 heavy (non-hydrogen) atoms. The van der Waals surface area contributed by atoms with Gasteiger partial charge in [-0.25, -0.2) is 0 Å². The maximum absolute atomic E-state index is 12.3. The molecule has 0 unspecified atom stereocenters. The van der Waals surface area contributed by atoms with Crippen molar-refractivity contribution in [1.29, 1.82) is 0 Å². The van der Waals surface area contributed by atoms with E-state index in [1.807, 2.05) is 12.1 Å². The Morgan fingerprint density at radius 3 is 2.14 bits per heavy atom. The Labute approximate surface area is 171 Å². The number of hydrogen-bond acceptors (Lipinski definition) is 5. The monoisotopic (exact) mass is 396 g/mol. The lowest BCUT2D eigenvalue weighted by molar-refractivity contribution is 0.0651. The number of carbonyl (C=O) groups excluding carboxylic acids is 2. The summed E-state index contributed by atoms with van der Waals surface area (Å²) in [5, 5.41) is 3.43. The number of fused-ring (bicyclic) bond motifs is 1. The van der Waals surface area contributed by atoms with Gasteiger partial charge in [0, 0.05) is 6.54 Å². The number of nitrogens with zero attached hydrogens (tertiary/aromatic N) is 1. The van der Waals surface area contributed by atoms with Crippen LogP contribution in [0.25, 0.3) is 0 Å². The summed E-state index contributed by atoms with van der Waals surface area (Å²) in [6.07, 6.45) is 3.70. The summed E-state index contributed by atoms with van der Waals surface area (Å²) in [6, 6.07) is 13.0. The molecule has 2 aromatic rings. The van der Waals surface area contributed by atoms with Crippen molar-refractivity contribution < 1.29 is 19.1 Å². The summed E-state index contributed by atoms with van der Waals surface area (Å²) in [6.45, 7) is 2.26. The van der Waals surface area contributed by atoms with E-state index in [2.05, 4.69) is 11.4 Å². The maximum Gasteiger partial charge on any atom is 0.261 e. The molecule has 2 amide bonds. The zero-order valence-electron chi connectivity index (χ0n) is 17.1. The molecule has 1 aliphatic rings. The molecule has 6 heteroatoms. The minimum absolute atomic E-state index is 0.173. The molecule has 0 aromatic heterocycles. The molecule has 1 N–H and O–H groups in total. The number of nitrogens with one attached hydrogen (secondary N) is 1. The van der Waals surface area contributed by atoms with Crippen molar-refractivity contribution in [2.45, 2.75) is 25.7 Å². The van der Waals surface area contributed by atoms with Gasteiger partial charge in [-0.15, -0.1) is 0 Å². The molecule has 1 heterocycles. The molecule has 0 aliphatic carbocycles. The van der Waals surface area contributed by atoms with Crippen LogP contribution in [0.1, 0.15) is 45.5 Å². The third-order valence-electron chi connectivity index (χ3n) is 5.13. The smallest absolute Gasteiger partial charge is 0.261 e. The van der Waals surface area contributed by atoms with Gasteiger partial charge in [0.05, 0.1) is 25.3 Å². The Balaban J connectivity index is 1.30. The number of carbonyl (C=O) groups is 2. The van der Waals surface area contributed by atoms with Crippen molar-refractivity contribution in [3.8, 4) is 11.5 Å². The molecule has 0 bridgehead atoms. The summed E-state index contributed by atoms with van der Waals surface area (Å²) in [7, 11) is 3.28. The predicted molar refractivity (Wildman–Crippen MR) is 112 cm³/mol. The summed E-state index contributed by atoms with van der Waals surface area (Å²) >= 11 is 0. The van der Waals surface area contributed by atoms with Gasteiger partial charge < -0.3 is 14.8 Å². The van der Waals surface area contributed by atoms with Crippen molar-refractivity contribution in [2.24, 2.45) is 0 Å². The lowest BCUT2D eigenvalue weighted by atomic mass is 10.1. The van der Waals surface area contributed by atoms with Crippen molar-refractivity contribution in [2.75, 3.05) is 33.9 Å². The van der Waals surface area contributed by atoms with Crippen LogP contribution < -0.4 is 14.8 Å². The fourth-order valence-electron chi connectivity index (χ4n) is 3.54. The fraction of sp³-hybridized carbons (Fsp3) is 0.391. The molecule has 154 valence electrons. The van der Waals surface area contributed by atoms with Crippen molar-refractivity contribution in [1.82, 2.24) is 10.2 Å². The Morgan fingerprint density at radius 1 is 0.828 bits per heavy atom. The van der Waals surface area contributed by atoms with Crippen LogP contribution in [0, 0.1) is 0 Å². The van der Waals surface area contributed by atoms with Crippen LogP contribution in [0.4, 0.5) is 0 Å². The number of unbranched alkanes of at least 4 members (excludes halogenated alkanes) is 1. The molecule has 0 fully saturated rings. The van der Waals surface area contributed by atoms with E-state index in [0.29, 0.717) is 17.7 Å². The van der Waals surface area contributed by atoms with Crippen LogP contribution in [-0.4, -0.2) is 50.6 Å². The maximum atomic E-state index is 12.3. The zero-order chi connectivity index (χ0) is 20.6. The normalized spacial score (nSPS) is 13.0. The molecule has 0 radical (unpaired) electrons. The first-order valence-corrected chi connectivity index (χ1v) is 10.0. The van der Waals surface area contributed by atoms with E-state index in [-0.39, 0.29) is 11.8 Å². The molecular weight excluding hydrogens is 368 g/mol. The molecule has 6 nitrogen and oxygen atoms in total. The number of imide groups is 1. The Hall–Kier alpha value is -2.86. The van der Waals surface area contributed by atoms with Gasteiger partial charge >= 0.3 is 0 Å². The van der Waals surface area contributed by atoms with Crippen LogP contribution >= 0.6 is 0 Å². The van der Waals surface area contributed by atoms with E-state index in [0.717, 1.165) is 50.3 Å². The van der Waals surface area contributed by atoms with Crippen LogP contribution in [-0.2, 0) is 6.42 Å². The highest BCUT2D eigenvalue weighted by Gasteiger charge is 2.34. The molecule has 3 rings (SSSR count). The van der Waals surface area contributed by atoms with Crippen LogP contribution in [0.15, 0.2) is 42.5 Å². The standard InChI is InChI=1S/C23H28N2O4/c1-28-20-12-11-17(16-21(20)29-2)8-7-14-24-13-5-6-15-25-22(26)18-9-3-4-10-19(18)23(25)27/h3-4,9-12,16,24H,5-8,13-15H2,1-2H3. The largest absolute Gasteiger partial charge is 0.493 e. The molecule has 0 saturated heterocycles. The first kappa shape index (κ1) is 20.9. The van der Waals surface area contributed by atoms with Gasteiger partial charge in [0.1, 0.15) is 0 Å². The Morgan fingerprint density at radius 2 is 1.48 bits per heavy atom. The topological polar surface area (TPSA) is 67.9 Å². The quantitative estimate of drug-likeness (QED) is 0.466. The second kappa shape index (κ2) is 10.1. The Kier molecular flexibility index (Phi) is 7.25. The lowest BCUT2D eigenvalue weighted by Crippen LogP contribution is -2.31. The highest BCUT2D eigenvalue weighted by atomic mass is 16.5. The van der Waals surface area contributed by atoms with E-state index >= 15 is 0 Å². The molecule has 0 spiro atoms. The number of hydrogen-bond donors (Lipinski definition) is 1. The van der Waals surface area contributed by atoms with Gasteiger partial charge in [-0.2, -0.15) is 0 Å². The van der Waals surface area contributed by atoms with Crippen LogP contribution in [0.2, 0.25) is 0 Å². The highest BCUT2D eigenvalue weighted by molar-refractivity contribution is 6.21. The molecular formula is C23H28N2O4. The third-order valence-corrected chi connectivity index (χ3v) is 5.13. The third kappa shape index (κ3) is 4.95.